The van der Waals surface area contributed by atoms with E-state index in [2.05, 4.69) is 56.3 Å². The van der Waals surface area contributed by atoms with E-state index in [9.17, 15) is 0 Å². The second-order valence-electron chi connectivity index (χ2n) is 5.95. The van der Waals surface area contributed by atoms with Crippen LogP contribution in [-0.2, 0) is 0 Å². The van der Waals surface area contributed by atoms with Crippen LogP contribution in [0.4, 0.5) is 11.5 Å². The van der Waals surface area contributed by atoms with Crippen molar-refractivity contribution in [3.05, 3.63) is 42.2 Å². The lowest BCUT2D eigenvalue weighted by atomic mass is 10.2. The highest BCUT2D eigenvalue weighted by molar-refractivity contribution is 5.90. The van der Waals surface area contributed by atoms with Crippen LogP contribution < -0.4 is 5.32 Å². The molecule has 4 aromatic rings. The van der Waals surface area contributed by atoms with E-state index >= 15 is 0 Å². The zero-order valence-corrected chi connectivity index (χ0v) is 13.3. The van der Waals surface area contributed by atoms with Crippen molar-refractivity contribution in [1.29, 1.82) is 0 Å². The van der Waals surface area contributed by atoms with Crippen LogP contribution in [0.25, 0.3) is 21.9 Å². The molecule has 1 aromatic carbocycles. The molecule has 0 saturated carbocycles. The molecule has 3 aromatic heterocycles. The number of aromatic amines is 1. The maximum Gasteiger partial charge on any atom is 0.178 e. The maximum absolute atomic E-state index is 4.63. The zero-order chi connectivity index (χ0) is 16.0. The molecule has 0 aliphatic carbocycles. The van der Waals surface area contributed by atoms with Crippen molar-refractivity contribution < 1.29 is 0 Å². The van der Waals surface area contributed by atoms with Gasteiger partial charge in [0.25, 0.3) is 0 Å². The molecule has 2 N–H and O–H groups in total. The smallest absolute Gasteiger partial charge is 0.178 e. The Morgan fingerprint density at radius 2 is 2.09 bits per heavy atom. The van der Waals surface area contributed by atoms with E-state index in [1.54, 1.807) is 6.20 Å². The summed E-state index contributed by atoms with van der Waals surface area (Å²) in [6.07, 6.45) is 1.77. The largest absolute Gasteiger partial charge is 0.337 e. The van der Waals surface area contributed by atoms with E-state index in [0.717, 1.165) is 33.7 Å². The summed E-state index contributed by atoms with van der Waals surface area (Å²) in [5.74, 6) is 0.729. The third-order valence-electron chi connectivity index (χ3n) is 3.96. The second-order valence-corrected chi connectivity index (χ2v) is 5.95. The van der Waals surface area contributed by atoms with Gasteiger partial charge in [-0.2, -0.15) is 10.2 Å². The van der Waals surface area contributed by atoms with Gasteiger partial charge in [0.2, 0.25) is 0 Å². The average molecular weight is 306 g/mol. The van der Waals surface area contributed by atoms with Crippen LogP contribution in [-0.4, -0.2) is 25.0 Å². The molecule has 0 radical (unpaired) electrons. The molecule has 0 bridgehead atoms. The Balaban J connectivity index is 1.79. The summed E-state index contributed by atoms with van der Waals surface area (Å²) in [6.45, 7) is 6.31. The standard InChI is InChI=1S/C17H18N6/c1-10(2)23-15-9-12(6-7-13(15)11(3)22-23)19-17-16-14(20-21-17)5-4-8-18-16/h4-10H,1-3H3,(H2,19,20,21). The lowest BCUT2D eigenvalue weighted by Gasteiger charge is -2.08. The minimum absolute atomic E-state index is 0.314. The minimum Gasteiger partial charge on any atom is -0.337 e. The Kier molecular flexibility index (Phi) is 3.04. The van der Waals surface area contributed by atoms with E-state index in [0.29, 0.717) is 6.04 Å². The number of pyridine rings is 1. The number of H-pyrrole nitrogens is 1. The highest BCUT2D eigenvalue weighted by Gasteiger charge is 2.12. The predicted molar refractivity (Wildman–Crippen MR) is 92.0 cm³/mol. The fraction of sp³-hybridized carbons (Fsp3) is 0.235. The van der Waals surface area contributed by atoms with Crippen molar-refractivity contribution in [1.82, 2.24) is 25.0 Å². The van der Waals surface area contributed by atoms with Crippen LogP contribution in [0.1, 0.15) is 25.6 Å². The molecular formula is C17H18N6. The Morgan fingerprint density at radius 3 is 2.91 bits per heavy atom. The molecule has 0 fully saturated rings. The number of anilines is 2. The fourth-order valence-corrected chi connectivity index (χ4v) is 2.85. The molecule has 0 saturated heterocycles. The average Bonchev–Trinajstić information content (AvgIpc) is 3.10. The summed E-state index contributed by atoms with van der Waals surface area (Å²) in [7, 11) is 0. The molecule has 6 heteroatoms. The molecule has 0 unspecified atom stereocenters. The molecular weight excluding hydrogens is 288 g/mol. The summed E-state index contributed by atoms with van der Waals surface area (Å²) in [5, 5.41) is 16.5. The maximum atomic E-state index is 4.63. The molecule has 0 amide bonds. The number of fused-ring (bicyclic) bond motifs is 2. The van der Waals surface area contributed by atoms with Crippen LogP contribution >= 0.6 is 0 Å². The summed E-state index contributed by atoms with van der Waals surface area (Å²) < 4.78 is 2.05. The quantitative estimate of drug-likeness (QED) is 0.601. The second kappa shape index (κ2) is 5.08. The van der Waals surface area contributed by atoms with Crippen molar-refractivity contribution >= 4 is 33.4 Å². The van der Waals surface area contributed by atoms with Crippen molar-refractivity contribution in [2.75, 3.05) is 5.32 Å². The first-order chi connectivity index (χ1) is 11.1. The highest BCUT2D eigenvalue weighted by Crippen LogP contribution is 2.27. The van der Waals surface area contributed by atoms with E-state index in [1.165, 1.54) is 5.39 Å². The third kappa shape index (κ3) is 2.23. The van der Waals surface area contributed by atoms with Gasteiger partial charge in [-0.1, -0.05) is 0 Å². The molecule has 4 rings (SSSR count). The predicted octanol–water partition coefficient (Wildman–Crippen LogP) is 3.94. The highest BCUT2D eigenvalue weighted by atomic mass is 15.3. The van der Waals surface area contributed by atoms with E-state index < -0.39 is 0 Å². The van der Waals surface area contributed by atoms with Gasteiger partial charge < -0.3 is 5.32 Å². The summed E-state index contributed by atoms with van der Waals surface area (Å²) >= 11 is 0. The Hall–Kier alpha value is -2.89. The monoisotopic (exact) mass is 306 g/mol. The van der Waals surface area contributed by atoms with Gasteiger partial charge in [-0.15, -0.1) is 0 Å². The Morgan fingerprint density at radius 1 is 1.22 bits per heavy atom. The summed E-state index contributed by atoms with van der Waals surface area (Å²) in [6, 6.07) is 10.4. The van der Waals surface area contributed by atoms with Gasteiger partial charge in [-0.3, -0.25) is 14.8 Å². The number of nitrogens with one attached hydrogen (secondary N) is 2. The molecule has 3 heterocycles. The molecule has 0 aliphatic heterocycles. The van der Waals surface area contributed by atoms with Gasteiger partial charge in [0.1, 0.15) is 5.52 Å². The first-order valence-electron chi connectivity index (χ1n) is 7.68. The summed E-state index contributed by atoms with van der Waals surface area (Å²) in [4.78, 5) is 4.38. The minimum atomic E-state index is 0.314. The number of hydrogen-bond donors (Lipinski definition) is 2. The van der Waals surface area contributed by atoms with Crippen molar-refractivity contribution in [2.45, 2.75) is 26.8 Å². The van der Waals surface area contributed by atoms with Crippen LogP contribution in [0, 0.1) is 6.92 Å². The molecule has 0 atom stereocenters. The fourth-order valence-electron chi connectivity index (χ4n) is 2.85. The number of hydrogen-bond acceptors (Lipinski definition) is 4. The lowest BCUT2D eigenvalue weighted by molar-refractivity contribution is 0.547. The number of benzene rings is 1. The molecule has 23 heavy (non-hydrogen) atoms. The summed E-state index contributed by atoms with van der Waals surface area (Å²) in [5.41, 5.74) is 4.89. The topological polar surface area (TPSA) is 71.4 Å². The first-order valence-corrected chi connectivity index (χ1v) is 7.68. The van der Waals surface area contributed by atoms with E-state index in [4.69, 9.17) is 0 Å². The van der Waals surface area contributed by atoms with Crippen LogP contribution in [0.3, 0.4) is 0 Å². The third-order valence-corrected chi connectivity index (χ3v) is 3.96. The number of aryl methyl sites for hydroxylation is 1. The van der Waals surface area contributed by atoms with Crippen LogP contribution in [0.2, 0.25) is 0 Å². The number of nitrogens with zero attached hydrogens (tertiary/aromatic N) is 4. The Labute approximate surface area is 133 Å². The van der Waals surface area contributed by atoms with Gasteiger partial charge >= 0.3 is 0 Å². The van der Waals surface area contributed by atoms with Crippen molar-refractivity contribution in [2.24, 2.45) is 0 Å². The SMILES string of the molecule is Cc1nn(C(C)C)c2cc(Nc3n[nH]c4cccnc34)ccc12. The Bertz CT molecular complexity index is 995. The van der Waals surface area contributed by atoms with Gasteiger partial charge in [-0.05, 0) is 51.1 Å². The van der Waals surface area contributed by atoms with E-state index in [1.807, 2.05) is 25.1 Å². The van der Waals surface area contributed by atoms with Crippen LogP contribution in [0.5, 0.6) is 0 Å². The molecule has 0 aliphatic rings. The van der Waals surface area contributed by atoms with E-state index in [-0.39, 0.29) is 0 Å². The van der Waals surface area contributed by atoms with Crippen molar-refractivity contribution in [3.8, 4) is 0 Å². The molecule has 6 nitrogen and oxygen atoms in total. The number of rotatable bonds is 3. The lowest BCUT2D eigenvalue weighted by Crippen LogP contribution is -2.02. The normalized spacial score (nSPS) is 11.7. The van der Waals surface area contributed by atoms with Gasteiger partial charge in [0.05, 0.1) is 16.7 Å². The molecule has 0 spiro atoms. The molecule has 116 valence electrons. The van der Waals surface area contributed by atoms with Crippen molar-refractivity contribution in [3.63, 3.8) is 0 Å². The van der Waals surface area contributed by atoms with Gasteiger partial charge in [0, 0.05) is 23.3 Å². The van der Waals surface area contributed by atoms with Gasteiger partial charge in [0.15, 0.2) is 5.82 Å². The zero-order valence-electron chi connectivity index (χ0n) is 13.3. The first kappa shape index (κ1) is 13.8. The van der Waals surface area contributed by atoms with Crippen LogP contribution in [0.15, 0.2) is 36.5 Å². The number of aromatic nitrogens is 5. The van der Waals surface area contributed by atoms with Gasteiger partial charge in [-0.25, -0.2) is 0 Å².